The van der Waals surface area contributed by atoms with E-state index in [0.29, 0.717) is 0 Å². The molecule has 0 unspecified atom stereocenters. The monoisotopic (exact) mass is 436 g/mol. The number of hydrogen-bond acceptors (Lipinski definition) is 4. The fourth-order valence-corrected chi connectivity index (χ4v) is 7.65. The Morgan fingerprint density at radius 1 is 0.560 bits per heavy atom. The van der Waals surface area contributed by atoms with Crippen LogP contribution in [0.15, 0.2) is 59.3 Å². The minimum Gasteiger partial charge on any atom is -0.143 e. The van der Waals surface area contributed by atoms with Crippen molar-refractivity contribution in [2.45, 2.75) is 4.33 Å². The Bertz CT molecular complexity index is 978. The van der Waals surface area contributed by atoms with E-state index in [4.69, 9.17) is 23.2 Å². The van der Waals surface area contributed by atoms with Gasteiger partial charge in [-0.15, -0.1) is 45.3 Å². The van der Waals surface area contributed by atoms with Gasteiger partial charge in [0, 0.05) is 40.4 Å². The van der Waals surface area contributed by atoms with Crippen molar-refractivity contribution in [2.24, 2.45) is 0 Å². The average Bonchev–Trinajstić information content (AvgIpc) is 3.28. The third-order valence-corrected chi connectivity index (χ3v) is 9.14. The van der Waals surface area contributed by atoms with E-state index in [9.17, 15) is 0 Å². The van der Waals surface area contributed by atoms with Crippen molar-refractivity contribution in [1.82, 2.24) is 0 Å². The Hall–Kier alpha value is -0.880. The normalized spacial score (nSPS) is 15.8. The number of thiophene rings is 4. The lowest BCUT2D eigenvalue weighted by Crippen LogP contribution is -1.90. The highest BCUT2D eigenvalue weighted by Gasteiger charge is 2.53. The van der Waals surface area contributed by atoms with E-state index in [-0.39, 0.29) is 0 Å². The van der Waals surface area contributed by atoms with Crippen molar-refractivity contribution in [3.8, 4) is 19.5 Å². The van der Waals surface area contributed by atoms with Gasteiger partial charge < -0.3 is 0 Å². The fourth-order valence-electron chi connectivity index (χ4n) is 2.84. The zero-order valence-electron chi connectivity index (χ0n) is 12.7. The van der Waals surface area contributed by atoms with Crippen LogP contribution in [0.1, 0.15) is 9.75 Å². The second kappa shape index (κ2) is 6.08. The number of allylic oxidation sites excluding steroid dienone is 2. The lowest BCUT2D eigenvalue weighted by molar-refractivity contribution is 1.54. The Morgan fingerprint density at radius 2 is 1.00 bits per heavy atom. The number of hydrogen-bond donors (Lipinski definition) is 0. The zero-order chi connectivity index (χ0) is 17.0. The van der Waals surface area contributed by atoms with Crippen molar-refractivity contribution >= 4 is 79.7 Å². The Balaban J connectivity index is 1.52. The summed E-state index contributed by atoms with van der Waals surface area (Å²) in [6.45, 7) is 0. The van der Waals surface area contributed by atoms with E-state index in [1.165, 1.54) is 19.5 Å². The number of halogens is 2. The molecule has 0 amide bonds. The maximum absolute atomic E-state index is 6.62. The van der Waals surface area contributed by atoms with Crippen LogP contribution >= 0.6 is 68.5 Å². The van der Waals surface area contributed by atoms with E-state index in [0.717, 1.165) is 20.9 Å². The molecule has 0 spiro atoms. The van der Waals surface area contributed by atoms with Crippen LogP contribution in [0.3, 0.4) is 0 Å². The van der Waals surface area contributed by atoms with Gasteiger partial charge in [0.2, 0.25) is 0 Å². The summed E-state index contributed by atoms with van der Waals surface area (Å²) in [7, 11) is 0. The van der Waals surface area contributed by atoms with Crippen molar-refractivity contribution in [1.29, 1.82) is 0 Å². The molecule has 1 aliphatic carbocycles. The second-order valence-electron chi connectivity index (χ2n) is 5.61. The minimum atomic E-state index is -0.866. The lowest BCUT2D eigenvalue weighted by atomic mass is 10.3. The summed E-state index contributed by atoms with van der Waals surface area (Å²) in [4.78, 5) is 7.41. The predicted octanol–water partition coefficient (Wildman–Crippen LogP) is 8.36. The van der Waals surface area contributed by atoms with Gasteiger partial charge >= 0.3 is 0 Å². The molecular formula is C19H10Cl2S4. The summed E-state index contributed by atoms with van der Waals surface area (Å²) >= 11 is 20.3. The molecule has 0 N–H and O–H groups in total. The molecule has 0 aromatic carbocycles. The summed E-state index contributed by atoms with van der Waals surface area (Å²) < 4.78 is -0.866. The van der Waals surface area contributed by atoms with Gasteiger partial charge in [-0.2, -0.15) is 0 Å². The molecule has 0 saturated carbocycles. The first kappa shape index (κ1) is 16.3. The molecule has 4 aromatic rings. The van der Waals surface area contributed by atoms with E-state index in [1.54, 1.807) is 45.3 Å². The molecule has 0 radical (unpaired) electrons. The zero-order valence-corrected chi connectivity index (χ0v) is 17.4. The molecule has 124 valence electrons. The molecule has 0 atom stereocenters. The van der Waals surface area contributed by atoms with Crippen LogP contribution in [0.4, 0.5) is 0 Å². The molecule has 1 aliphatic rings. The highest BCUT2D eigenvalue weighted by atomic mass is 35.5. The first-order chi connectivity index (χ1) is 12.1. The topological polar surface area (TPSA) is 0 Å². The number of rotatable bonds is 4. The molecule has 0 bridgehead atoms. The smallest absolute Gasteiger partial charge is 0.143 e. The van der Waals surface area contributed by atoms with Crippen LogP contribution in [0.25, 0.3) is 30.7 Å². The van der Waals surface area contributed by atoms with E-state index in [1.807, 2.05) is 0 Å². The van der Waals surface area contributed by atoms with Gasteiger partial charge in [0.1, 0.15) is 0 Å². The Labute approximate surface area is 171 Å². The maximum Gasteiger partial charge on any atom is 0.171 e. The summed E-state index contributed by atoms with van der Waals surface area (Å²) in [5.41, 5.74) is 2.12. The molecule has 6 heteroatoms. The minimum absolute atomic E-state index is 0.866. The van der Waals surface area contributed by atoms with Gasteiger partial charge in [0.05, 0.1) is 0 Å². The summed E-state index contributed by atoms with van der Waals surface area (Å²) in [6.07, 6.45) is 0. The van der Waals surface area contributed by atoms with Gasteiger partial charge in [0.15, 0.2) is 4.33 Å². The number of alkyl halides is 2. The Morgan fingerprint density at radius 3 is 1.40 bits per heavy atom. The van der Waals surface area contributed by atoms with E-state index < -0.39 is 4.33 Å². The van der Waals surface area contributed by atoms with Crippen molar-refractivity contribution in [3.63, 3.8) is 0 Å². The average molecular weight is 437 g/mol. The predicted molar refractivity (Wildman–Crippen MR) is 117 cm³/mol. The molecule has 0 aliphatic heterocycles. The molecule has 0 nitrogen and oxygen atoms in total. The maximum atomic E-state index is 6.62. The van der Waals surface area contributed by atoms with Gasteiger partial charge in [-0.1, -0.05) is 35.3 Å². The van der Waals surface area contributed by atoms with Gasteiger partial charge in [-0.05, 0) is 47.2 Å². The summed E-state index contributed by atoms with van der Waals surface area (Å²) in [5, 5.41) is 4.20. The highest BCUT2D eigenvalue weighted by Crippen LogP contribution is 2.66. The SMILES string of the molecule is ClC1(Cl)C(c2ccc(-c3cccs3)s2)=C1c1ccc(-c2cccs2)s1. The second-order valence-corrected chi connectivity index (χ2v) is 11.0. The first-order valence-electron chi connectivity index (χ1n) is 7.56. The molecule has 0 fully saturated rings. The van der Waals surface area contributed by atoms with Crippen LogP contribution in [-0.4, -0.2) is 4.33 Å². The molecule has 4 heterocycles. The lowest BCUT2D eigenvalue weighted by Gasteiger charge is -1.98. The van der Waals surface area contributed by atoms with Crippen molar-refractivity contribution < 1.29 is 0 Å². The fraction of sp³-hybridized carbons (Fsp3) is 0.0526. The van der Waals surface area contributed by atoms with E-state index in [2.05, 4.69) is 59.3 Å². The van der Waals surface area contributed by atoms with Crippen LogP contribution in [0.5, 0.6) is 0 Å². The molecule has 25 heavy (non-hydrogen) atoms. The molecule has 5 rings (SSSR count). The van der Waals surface area contributed by atoms with Crippen LogP contribution < -0.4 is 0 Å². The van der Waals surface area contributed by atoms with Crippen LogP contribution in [0, 0.1) is 0 Å². The van der Waals surface area contributed by atoms with Gasteiger partial charge in [-0.3, -0.25) is 0 Å². The third-order valence-electron chi connectivity index (χ3n) is 4.05. The van der Waals surface area contributed by atoms with Gasteiger partial charge in [-0.25, -0.2) is 0 Å². The largest absolute Gasteiger partial charge is 0.171 e. The summed E-state index contributed by atoms with van der Waals surface area (Å²) in [5.74, 6) is 0. The molecular weight excluding hydrogens is 427 g/mol. The van der Waals surface area contributed by atoms with Crippen LogP contribution in [0.2, 0.25) is 0 Å². The molecule has 0 saturated heterocycles. The first-order valence-corrected chi connectivity index (χ1v) is 11.7. The standard InChI is InChI=1S/C19H10Cl2S4/c20-19(21)17(15-7-5-13(24-15)11-3-1-9-22-11)18(19)16-8-6-14(25-16)12-4-2-10-23-12/h1-10H. The van der Waals surface area contributed by atoms with Crippen LogP contribution in [-0.2, 0) is 0 Å². The highest BCUT2D eigenvalue weighted by molar-refractivity contribution is 7.23. The van der Waals surface area contributed by atoms with E-state index >= 15 is 0 Å². The third kappa shape index (κ3) is 2.76. The van der Waals surface area contributed by atoms with Gasteiger partial charge in [0.25, 0.3) is 0 Å². The van der Waals surface area contributed by atoms with Crippen molar-refractivity contribution in [2.75, 3.05) is 0 Å². The summed E-state index contributed by atoms with van der Waals surface area (Å²) in [6, 6.07) is 17.0. The molecule has 4 aromatic heterocycles. The Kier molecular flexibility index (Phi) is 3.97. The quantitative estimate of drug-likeness (QED) is 0.281. The van der Waals surface area contributed by atoms with Crippen molar-refractivity contribution in [3.05, 3.63) is 69.0 Å².